The summed E-state index contributed by atoms with van der Waals surface area (Å²) in [6.45, 7) is 4.56. The van der Waals surface area contributed by atoms with E-state index in [4.69, 9.17) is 4.98 Å². The third-order valence-corrected chi connectivity index (χ3v) is 10.5. The van der Waals surface area contributed by atoms with Crippen LogP contribution in [0.1, 0.15) is 25.2 Å². The lowest BCUT2D eigenvalue weighted by Gasteiger charge is -2.26. The molecule has 10 rings (SSSR count). The smallest absolute Gasteiger partial charge is 0.124 e. The van der Waals surface area contributed by atoms with Gasteiger partial charge in [0.2, 0.25) is 0 Å². The van der Waals surface area contributed by atoms with E-state index in [0.717, 1.165) is 39.6 Å². The molecule has 0 saturated heterocycles. The van der Waals surface area contributed by atoms with Crippen LogP contribution >= 0.6 is 0 Å². The maximum atomic E-state index is 5.44. The molecule has 1 aliphatic heterocycles. The van der Waals surface area contributed by atoms with Gasteiger partial charge in [-0.3, -0.25) is 4.57 Å². The fourth-order valence-electron chi connectivity index (χ4n) is 8.06. The van der Waals surface area contributed by atoms with Crippen molar-refractivity contribution in [2.45, 2.75) is 19.3 Å². The Morgan fingerprint density at radius 3 is 1.74 bits per heavy atom. The van der Waals surface area contributed by atoms with Crippen LogP contribution in [0.2, 0.25) is 0 Å². The van der Waals surface area contributed by atoms with E-state index in [9.17, 15) is 0 Å². The van der Waals surface area contributed by atoms with Gasteiger partial charge >= 0.3 is 0 Å². The highest BCUT2D eigenvalue weighted by Gasteiger charge is 2.39. The first-order chi connectivity index (χ1) is 24.6. The van der Waals surface area contributed by atoms with Crippen LogP contribution in [-0.4, -0.2) is 14.1 Å². The Labute approximate surface area is 291 Å². The summed E-state index contributed by atoms with van der Waals surface area (Å²) in [6, 6.07) is 61.0. The van der Waals surface area contributed by atoms with E-state index in [-0.39, 0.29) is 5.41 Å². The van der Waals surface area contributed by atoms with Crippen LogP contribution in [0.5, 0.6) is 0 Å². The van der Waals surface area contributed by atoms with Crippen LogP contribution in [0, 0.1) is 0 Å². The number of aromatic nitrogens is 3. The van der Waals surface area contributed by atoms with Gasteiger partial charge in [0.25, 0.3) is 0 Å². The van der Waals surface area contributed by atoms with Gasteiger partial charge in [-0.25, -0.2) is 4.98 Å². The van der Waals surface area contributed by atoms with Crippen molar-refractivity contribution in [2.75, 3.05) is 4.90 Å². The second kappa shape index (κ2) is 10.8. The van der Waals surface area contributed by atoms with E-state index in [0.29, 0.717) is 0 Å². The highest BCUT2D eigenvalue weighted by atomic mass is 15.2. The number of nitrogens with zero attached hydrogens (tertiary/aromatic N) is 4. The van der Waals surface area contributed by atoms with Crippen LogP contribution in [0.25, 0.3) is 55.3 Å². The van der Waals surface area contributed by atoms with Gasteiger partial charge in [0, 0.05) is 27.8 Å². The minimum absolute atomic E-state index is 0.209. The molecule has 7 aromatic carbocycles. The van der Waals surface area contributed by atoms with Crippen molar-refractivity contribution < 1.29 is 0 Å². The number of para-hydroxylation sites is 4. The molecule has 4 nitrogen and oxygen atoms in total. The predicted molar refractivity (Wildman–Crippen MR) is 208 cm³/mol. The van der Waals surface area contributed by atoms with Crippen molar-refractivity contribution in [2.24, 2.45) is 0 Å². The zero-order chi connectivity index (χ0) is 33.4. The molecular formula is C46H34N4. The quantitative estimate of drug-likeness (QED) is 0.187. The molecule has 0 atom stereocenters. The van der Waals surface area contributed by atoms with Crippen molar-refractivity contribution >= 4 is 49.9 Å². The minimum Gasteiger partial charge on any atom is -0.309 e. The van der Waals surface area contributed by atoms with Crippen LogP contribution in [0.3, 0.4) is 0 Å². The lowest BCUT2D eigenvalue weighted by molar-refractivity contribution is 0.621. The maximum Gasteiger partial charge on any atom is 0.124 e. The highest BCUT2D eigenvalue weighted by Crippen LogP contribution is 2.47. The molecule has 238 valence electrons. The minimum atomic E-state index is -0.209. The van der Waals surface area contributed by atoms with Crippen molar-refractivity contribution in [3.05, 3.63) is 181 Å². The lowest BCUT2D eigenvalue weighted by Crippen LogP contribution is -2.16. The molecule has 0 amide bonds. The monoisotopic (exact) mass is 642 g/mol. The molecule has 1 aliphatic rings. The van der Waals surface area contributed by atoms with Gasteiger partial charge in [0.05, 0.1) is 33.3 Å². The van der Waals surface area contributed by atoms with E-state index in [1.165, 1.54) is 44.2 Å². The molecular weight excluding hydrogens is 609 g/mol. The Morgan fingerprint density at radius 1 is 0.480 bits per heavy atom. The predicted octanol–water partition coefficient (Wildman–Crippen LogP) is 11.9. The van der Waals surface area contributed by atoms with Crippen LogP contribution < -0.4 is 4.90 Å². The average molecular weight is 643 g/mol. The third-order valence-electron chi connectivity index (χ3n) is 10.5. The van der Waals surface area contributed by atoms with Gasteiger partial charge in [-0.1, -0.05) is 103 Å². The third kappa shape index (κ3) is 4.15. The maximum absolute atomic E-state index is 5.44. The number of imidazole rings is 1. The summed E-state index contributed by atoms with van der Waals surface area (Å²) in [6.07, 6.45) is 0. The summed E-state index contributed by atoms with van der Waals surface area (Å²) in [7, 11) is 0. The Kier molecular flexibility index (Phi) is 6.19. The molecule has 0 aliphatic carbocycles. The number of benzene rings is 7. The fraction of sp³-hybridized carbons (Fsp3) is 0.0652. The molecule has 0 N–H and O–H groups in total. The topological polar surface area (TPSA) is 26.0 Å². The first kappa shape index (κ1) is 28.6. The molecule has 0 spiro atoms. The molecule has 0 radical (unpaired) electrons. The zero-order valence-corrected chi connectivity index (χ0v) is 28.0. The Bertz CT molecular complexity index is 2660. The Morgan fingerprint density at radius 2 is 1.04 bits per heavy atom. The molecule has 0 bridgehead atoms. The van der Waals surface area contributed by atoms with Gasteiger partial charge in [-0.2, -0.15) is 0 Å². The molecule has 3 heterocycles. The Balaban J connectivity index is 1.16. The van der Waals surface area contributed by atoms with Gasteiger partial charge in [0.1, 0.15) is 11.3 Å². The summed E-state index contributed by atoms with van der Waals surface area (Å²) in [5.74, 6) is 1.07. The average Bonchev–Trinajstić information content (AvgIpc) is 3.80. The fourth-order valence-corrected chi connectivity index (χ4v) is 8.06. The van der Waals surface area contributed by atoms with Gasteiger partial charge in [-0.15, -0.1) is 0 Å². The van der Waals surface area contributed by atoms with Gasteiger partial charge in [-0.05, 0) is 97.3 Å². The molecule has 4 heteroatoms. The summed E-state index contributed by atoms with van der Waals surface area (Å²) in [4.78, 5) is 7.80. The van der Waals surface area contributed by atoms with E-state index in [2.05, 4.69) is 198 Å². The summed E-state index contributed by atoms with van der Waals surface area (Å²) < 4.78 is 4.73. The largest absolute Gasteiger partial charge is 0.309 e. The molecule has 9 aromatic rings. The second-order valence-corrected chi connectivity index (χ2v) is 13.7. The van der Waals surface area contributed by atoms with E-state index in [1.807, 2.05) is 0 Å². The van der Waals surface area contributed by atoms with Crippen molar-refractivity contribution in [3.63, 3.8) is 0 Å². The molecule has 0 fully saturated rings. The number of fused-ring (bicyclic) bond motifs is 8. The van der Waals surface area contributed by atoms with Gasteiger partial charge in [0.15, 0.2) is 0 Å². The Hall–Kier alpha value is -6.39. The first-order valence-electron chi connectivity index (χ1n) is 17.2. The van der Waals surface area contributed by atoms with Crippen LogP contribution in [-0.2, 0) is 5.41 Å². The second-order valence-electron chi connectivity index (χ2n) is 13.7. The first-order valence-corrected chi connectivity index (χ1v) is 17.2. The van der Waals surface area contributed by atoms with E-state index < -0.39 is 0 Å². The molecule has 2 aromatic heterocycles. The molecule has 0 unspecified atom stereocenters. The normalized spacial score (nSPS) is 13.2. The van der Waals surface area contributed by atoms with Gasteiger partial charge < -0.3 is 9.47 Å². The van der Waals surface area contributed by atoms with Crippen molar-refractivity contribution in [1.82, 2.24) is 14.1 Å². The van der Waals surface area contributed by atoms with Crippen molar-refractivity contribution in [1.29, 1.82) is 0 Å². The molecule has 0 saturated carbocycles. The number of rotatable bonds is 5. The summed E-state index contributed by atoms with van der Waals surface area (Å²) >= 11 is 0. The number of hydrogen-bond acceptors (Lipinski definition) is 2. The highest BCUT2D eigenvalue weighted by molar-refractivity contribution is 6.09. The number of anilines is 3. The summed E-state index contributed by atoms with van der Waals surface area (Å²) in [5, 5.41) is 2.52. The van der Waals surface area contributed by atoms with E-state index >= 15 is 0 Å². The van der Waals surface area contributed by atoms with Crippen LogP contribution in [0.4, 0.5) is 17.1 Å². The lowest BCUT2D eigenvalue weighted by atomic mass is 9.86. The van der Waals surface area contributed by atoms with Crippen LogP contribution in [0.15, 0.2) is 170 Å². The number of hydrogen-bond donors (Lipinski definition) is 0. The van der Waals surface area contributed by atoms with Crippen molar-refractivity contribution in [3.8, 4) is 22.5 Å². The molecule has 50 heavy (non-hydrogen) atoms. The standard InChI is InChI=1S/C46H34N4/c1-46(2)38-17-8-11-20-41(38)50-43-22-12-21-42(44(43)47-45(46)50)48(33-25-23-32(24-26-33)31-13-4-3-5-14-31)34-27-29-35(30-28-34)49-39-18-9-6-15-36(39)37-16-7-10-19-40(37)49/h3-30H,1-2H3. The summed E-state index contributed by atoms with van der Waals surface area (Å²) in [5.41, 5.74) is 13.5. The zero-order valence-electron chi connectivity index (χ0n) is 28.0. The van der Waals surface area contributed by atoms with E-state index in [1.54, 1.807) is 0 Å². The SMILES string of the molecule is CC1(C)c2ccccc2-n2c1nc1c(N(c3ccc(-c4ccccc4)cc3)c3ccc(-n4c5ccccc5c5ccccc54)cc3)cccc12.